The summed E-state index contributed by atoms with van der Waals surface area (Å²) in [6.45, 7) is 0.612. The van der Waals surface area contributed by atoms with Crippen molar-refractivity contribution in [2.75, 3.05) is 6.54 Å². The molecule has 0 bridgehead atoms. The largest absolute Gasteiger partial charge is 0.467 e. The van der Waals surface area contributed by atoms with Crippen LogP contribution in [-0.2, 0) is 6.54 Å². The number of hydrogen-bond acceptors (Lipinski definition) is 4. The van der Waals surface area contributed by atoms with E-state index in [1.54, 1.807) is 24.5 Å². The van der Waals surface area contributed by atoms with E-state index in [2.05, 4.69) is 4.98 Å². The molecule has 1 amide bonds. The van der Waals surface area contributed by atoms with Gasteiger partial charge in [-0.25, -0.2) is 0 Å². The summed E-state index contributed by atoms with van der Waals surface area (Å²) in [6.07, 6.45) is 4.72. The van der Waals surface area contributed by atoms with Crippen molar-refractivity contribution in [2.45, 2.75) is 13.0 Å². The number of rotatable bonds is 5. The lowest BCUT2D eigenvalue weighted by atomic mass is 10.2. The highest BCUT2D eigenvalue weighted by Crippen LogP contribution is 2.17. The number of carbonyl (C=O) groups excluding carboxylic acids is 1. The second kappa shape index (κ2) is 6.73. The summed E-state index contributed by atoms with van der Waals surface area (Å²) in [6, 6.07) is 7.12. The molecule has 0 aliphatic heterocycles. The molecule has 102 valence electrons. The Hall–Kier alpha value is -2.32. The van der Waals surface area contributed by atoms with Crippen molar-refractivity contribution < 1.29 is 9.21 Å². The highest BCUT2D eigenvalue weighted by atomic mass is 35.5. The van der Waals surface area contributed by atoms with Crippen molar-refractivity contribution in [1.82, 2.24) is 9.88 Å². The van der Waals surface area contributed by atoms with Gasteiger partial charge in [-0.15, -0.1) is 0 Å². The fraction of sp³-hybridized carbons (Fsp3) is 0.214. The third kappa shape index (κ3) is 3.37. The summed E-state index contributed by atoms with van der Waals surface area (Å²) in [5.41, 5.74) is 0.367. The van der Waals surface area contributed by atoms with Gasteiger partial charge >= 0.3 is 0 Å². The molecule has 2 rings (SSSR count). The van der Waals surface area contributed by atoms with Gasteiger partial charge in [-0.1, -0.05) is 11.6 Å². The van der Waals surface area contributed by atoms with Crippen LogP contribution in [0.25, 0.3) is 0 Å². The van der Waals surface area contributed by atoms with Crippen molar-refractivity contribution in [1.29, 1.82) is 5.26 Å². The Morgan fingerprint density at radius 2 is 2.35 bits per heavy atom. The molecular weight excluding hydrogens is 278 g/mol. The molecule has 6 heteroatoms. The van der Waals surface area contributed by atoms with Crippen LogP contribution in [0.1, 0.15) is 22.5 Å². The summed E-state index contributed by atoms with van der Waals surface area (Å²) < 4.78 is 5.24. The van der Waals surface area contributed by atoms with Crippen LogP contribution in [-0.4, -0.2) is 22.3 Å². The van der Waals surface area contributed by atoms with Crippen LogP contribution < -0.4 is 0 Å². The van der Waals surface area contributed by atoms with Gasteiger partial charge in [0.05, 0.1) is 35.9 Å². The maximum Gasteiger partial charge on any atom is 0.255 e. The summed E-state index contributed by atoms with van der Waals surface area (Å²) in [5, 5.41) is 8.99. The molecule has 0 N–H and O–H groups in total. The second-order valence-electron chi connectivity index (χ2n) is 4.07. The Kier molecular flexibility index (Phi) is 4.75. The summed E-state index contributed by atoms with van der Waals surface area (Å²) in [4.78, 5) is 17.8. The van der Waals surface area contributed by atoms with Crippen molar-refractivity contribution in [3.05, 3.63) is 53.2 Å². The number of nitrogens with zero attached hydrogens (tertiary/aromatic N) is 3. The van der Waals surface area contributed by atoms with Crippen molar-refractivity contribution in [3.8, 4) is 6.07 Å². The van der Waals surface area contributed by atoms with Crippen LogP contribution in [0.5, 0.6) is 0 Å². The van der Waals surface area contributed by atoms with E-state index in [9.17, 15) is 4.79 Å². The first kappa shape index (κ1) is 14.1. The van der Waals surface area contributed by atoms with Crippen LogP contribution in [0.4, 0.5) is 0 Å². The predicted molar refractivity (Wildman–Crippen MR) is 72.9 cm³/mol. The highest BCUT2D eigenvalue weighted by molar-refractivity contribution is 6.33. The molecule has 20 heavy (non-hydrogen) atoms. The lowest BCUT2D eigenvalue weighted by Crippen LogP contribution is -2.31. The fourth-order valence-corrected chi connectivity index (χ4v) is 1.95. The molecule has 0 radical (unpaired) electrons. The van der Waals surface area contributed by atoms with Gasteiger partial charge in [0.25, 0.3) is 5.91 Å². The molecule has 2 heterocycles. The molecular formula is C14H12ClN3O2. The molecule has 0 aliphatic rings. The number of halogens is 1. The fourth-order valence-electron chi connectivity index (χ4n) is 1.75. The van der Waals surface area contributed by atoms with E-state index in [-0.39, 0.29) is 12.3 Å². The smallest absolute Gasteiger partial charge is 0.255 e. The van der Waals surface area contributed by atoms with Gasteiger partial charge in [0.1, 0.15) is 5.76 Å². The number of hydrogen-bond donors (Lipinski definition) is 0. The molecule has 0 saturated heterocycles. The molecule has 2 aromatic heterocycles. The monoisotopic (exact) mass is 289 g/mol. The Morgan fingerprint density at radius 1 is 1.50 bits per heavy atom. The van der Waals surface area contributed by atoms with Gasteiger partial charge in [0.15, 0.2) is 0 Å². The van der Waals surface area contributed by atoms with Gasteiger partial charge in [-0.2, -0.15) is 5.26 Å². The molecule has 2 aromatic rings. The molecule has 0 aromatic carbocycles. The zero-order valence-electron chi connectivity index (χ0n) is 10.6. The van der Waals surface area contributed by atoms with Crippen LogP contribution in [0.3, 0.4) is 0 Å². The van der Waals surface area contributed by atoms with Crippen molar-refractivity contribution in [3.63, 3.8) is 0 Å². The molecule has 5 nitrogen and oxygen atoms in total. The molecule has 0 spiro atoms. The standard InChI is InChI=1S/C14H12ClN3O2/c15-13-9-17-6-4-12(13)14(19)18(7-2-5-16)10-11-3-1-8-20-11/h1,3-4,6,8-9H,2,7,10H2. The van der Waals surface area contributed by atoms with Gasteiger partial charge < -0.3 is 9.32 Å². The van der Waals surface area contributed by atoms with E-state index >= 15 is 0 Å². The number of carbonyl (C=O) groups is 1. The number of amides is 1. The van der Waals surface area contributed by atoms with E-state index in [0.717, 1.165) is 0 Å². The van der Waals surface area contributed by atoms with Crippen LogP contribution in [0, 0.1) is 11.3 Å². The molecule has 0 atom stereocenters. The summed E-state index contributed by atoms with van der Waals surface area (Å²) in [5.74, 6) is 0.408. The van der Waals surface area contributed by atoms with Gasteiger partial charge in [-0.05, 0) is 18.2 Å². The summed E-state index contributed by atoms with van der Waals surface area (Å²) in [7, 11) is 0. The van der Waals surface area contributed by atoms with Crippen LogP contribution in [0.2, 0.25) is 5.02 Å². The van der Waals surface area contributed by atoms with Gasteiger partial charge in [0.2, 0.25) is 0 Å². The van der Waals surface area contributed by atoms with E-state index in [4.69, 9.17) is 21.3 Å². The van der Waals surface area contributed by atoms with Gasteiger partial charge in [-0.3, -0.25) is 9.78 Å². The maximum absolute atomic E-state index is 12.5. The van der Waals surface area contributed by atoms with Crippen molar-refractivity contribution in [2.24, 2.45) is 0 Å². The molecule has 0 unspecified atom stereocenters. The lowest BCUT2D eigenvalue weighted by molar-refractivity contribution is 0.0735. The first-order valence-corrected chi connectivity index (χ1v) is 6.38. The number of pyridine rings is 1. The first-order chi connectivity index (χ1) is 9.72. The average molecular weight is 290 g/mol. The minimum Gasteiger partial charge on any atom is -0.467 e. The minimum atomic E-state index is -0.246. The predicted octanol–water partition coefficient (Wildman–Crippen LogP) is 2.88. The molecule has 0 fully saturated rings. The molecule has 0 aliphatic carbocycles. The zero-order valence-corrected chi connectivity index (χ0v) is 11.4. The third-order valence-electron chi connectivity index (χ3n) is 2.71. The Labute approximate surface area is 121 Å². The van der Waals surface area contributed by atoms with Gasteiger partial charge in [0, 0.05) is 18.9 Å². The van der Waals surface area contributed by atoms with E-state index in [0.29, 0.717) is 29.4 Å². The topological polar surface area (TPSA) is 70.1 Å². The Balaban J connectivity index is 2.20. The zero-order chi connectivity index (χ0) is 14.4. The van der Waals surface area contributed by atoms with Crippen molar-refractivity contribution >= 4 is 17.5 Å². The SMILES string of the molecule is N#CCCN(Cc1ccco1)C(=O)c1ccncc1Cl. The average Bonchev–Trinajstić information content (AvgIpc) is 2.96. The Morgan fingerprint density at radius 3 is 3.00 bits per heavy atom. The quantitative estimate of drug-likeness (QED) is 0.848. The van der Waals surface area contributed by atoms with Crippen LogP contribution in [0.15, 0.2) is 41.3 Å². The second-order valence-corrected chi connectivity index (χ2v) is 4.48. The number of furan rings is 1. The van der Waals surface area contributed by atoms with E-state index in [1.165, 1.54) is 17.3 Å². The number of aromatic nitrogens is 1. The normalized spacial score (nSPS) is 10.0. The third-order valence-corrected chi connectivity index (χ3v) is 3.01. The maximum atomic E-state index is 12.5. The summed E-state index contributed by atoms with van der Waals surface area (Å²) >= 11 is 5.98. The van der Waals surface area contributed by atoms with E-state index < -0.39 is 0 Å². The first-order valence-electron chi connectivity index (χ1n) is 6.00. The van der Waals surface area contributed by atoms with E-state index in [1.807, 2.05) is 6.07 Å². The van der Waals surface area contributed by atoms with Crippen LogP contribution >= 0.6 is 11.6 Å². The molecule has 0 saturated carbocycles. The number of nitriles is 1. The lowest BCUT2D eigenvalue weighted by Gasteiger charge is -2.20. The highest BCUT2D eigenvalue weighted by Gasteiger charge is 2.19. The Bertz CT molecular complexity index is 620. The minimum absolute atomic E-state index is 0.245.